The molecule has 108 valence electrons. The van der Waals surface area contributed by atoms with Gasteiger partial charge < -0.3 is 11.1 Å². The first-order chi connectivity index (χ1) is 10.0. The van der Waals surface area contributed by atoms with E-state index in [1.165, 1.54) is 5.56 Å². The standard InChI is InChI=1S/C16H18N4S/c1-11-5-3-8-15(9-11)18-16(21)20-19-12(2)13-6-4-7-14(17)10-13/h3-10,19H,2,17H2,1H3,(H2,18,20,21). The van der Waals surface area contributed by atoms with Crippen molar-refractivity contribution in [2.45, 2.75) is 6.92 Å². The minimum atomic E-state index is 0.464. The van der Waals surface area contributed by atoms with Gasteiger partial charge in [-0.25, -0.2) is 0 Å². The van der Waals surface area contributed by atoms with Crippen LogP contribution in [0.1, 0.15) is 11.1 Å². The Bertz CT molecular complexity index is 667. The number of aryl methyl sites for hydroxylation is 1. The maximum atomic E-state index is 5.74. The van der Waals surface area contributed by atoms with Gasteiger partial charge in [0.15, 0.2) is 5.11 Å². The molecular formula is C16H18N4S. The second-order valence-electron chi connectivity index (χ2n) is 4.68. The number of hydrogen-bond acceptors (Lipinski definition) is 3. The quantitative estimate of drug-likeness (QED) is 0.397. The fraction of sp³-hybridized carbons (Fsp3) is 0.0625. The van der Waals surface area contributed by atoms with Crippen LogP contribution >= 0.6 is 12.2 Å². The first-order valence-corrected chi connectivity index (χ1v) is 6.90. The third kappa shape index (κ3) is 4.50. The van der Waals surface area contributed by atoms with E-state index in [9.17, 15) is 0 Å². The van der Waals surface area contributed by atoms with Gasteiger partial charge in [0.25, 0.3) is 0 Å². The summed E-state index contributed by atoms with van der Waals surface area (Å²) in [6.07, 6.45) is 0. The van der Waals surface area contributed by atoms with Crippen molar-refractivity contribution in [1.82, 2.24) is 10.9 Å². The Kier molecular flexibility index (Phi) is 4.79. The molecule has 0 aliphatic rings. The number of thiocarbonyl (C=S) groups is 1. The summed E-state index contributed by atoms with van der Waals surface area (Å²) in [6.45, 7) is 5.97. The summed E-state index contributed by atoms with van der Waals surface area (Å²) in [5, 5.41) is 3.56. The van der Waals surface area contributed by atoms with Crippen LogP contribution in [0.4, 0.5) is 11.4 Å². The Hall–Kier alpha value is -2.53. The molecule has 0 saturated carbocycles. The third-order valence-corrected chi connectivity index (χ3v) is 3.04. The van der Waals surface area contributed by atoms with E-state index in [4.69, 9.17) is 18.0 Å². The third-order valence-electron chi connectivity index (χ3n) is 2.84. The number of rotatable bonds is 4. The second kappa shape index (κ2) is 6.76. The molecule has 0 bridgehead atoms. The number of anilines is 2. The number of nitrogen functional groups attached to an aromatic ring is 1. The molecule has 5 N–H and O–H groups in total. The lowest BCUT2D eigenvalue weighted by molar-refractivity contribution is 0.851. The lowest BCUT2D eigenvalue weighted by Crippen LogP contribution is -2.38. The minimum absolute atomic E-state index is 0.464. The van der Waals surface area contributed by atoms with E-state index in [2.05, 4.69) is 22.7 Å². The van der Waals surface area contributed by atoms with E-state index >= 15 is 0 Å². The fourth-order valence-electron chi connectivity index (χ4n) is 1.82. The van der Waals surface area contributed by atoms with Crippen molar-refractivity contribution in [3.8, 4) is 0 Å². The highest BCUT2D eigenvalue weighted by Crippen LogP contribution is 2.12. The predicted octanol–water partition coefficient (Wildman–Crippen LogP) is 3.04. The summed E-state index contributed by atoms with van der Waals surface area (Å²) in [7, 11) is 0. The molecule has 21 heavy (non-hydrogen) atoms. The molecule has 0 aromatic heterocycles. The SMILES string of the molecule is C=C(NNC(=S)Nc1cccc(C)c1)c1cccc(N)c1. The topological polar surface area (TPSA) is 62.1 Å². The predicted molar refractivity (Wildman–Crippen MR) is 93.6 cm³/mol. The second-order valence-corrected chi connectivity index (χ2v) is 5.09. The summed E-state index contributed by atoms with van der Waals surface area (Å²) in [4.78, 5) is 0. The van der Waals surface area contributed by atoms with Crippen molar-refractivity contribution >= 4 is 34.4 Å². The Morgan fingerprint density at radius 3 is 2.57 bits per heavy atom. The zero-order valence-corrected chi connectivity index (χ0v) is 12.6. The Morgan fingerprint density at radius 2 is 1.86 bits per heavy atom. The maximum Gasteiger partial charge on any atom is 0.189 e. The lowest BCUT2D eigenvalue weighted by Gasteiger charge is -2.14. The summed E-state index contributed by atoms with van der Waals surface area (Å²) in [5.74, 6) is 0. The van der Waals surface area contributed by atoms with Crippen molar-refractivity contribution in [1.29, 1.82) is 0 Å². The zero-order chi connectivity index (χ0) is 15.2. The molecule has 2 aromatic carbocycles. The first kappa shape index (κ1) is 14.9. The van der Waals surface area contributed by atoms with E-state index in [-0.39, 0.29) is 0 Å². The lowest BCUT2D eigenvalue weighted by atomic mass is 10.1. The van der Waals surface area contributed by atoms with E-state index in [0.717, 1.165) is 11.3 Å². The summed E-state index contributed by atoms with van der Waals surface area (Å²) in [6, 6.07) is 15.4. The fourth-order valence-corrected chi connectivity index (χ4v) is 1.98. The Morgan fingerprint density at radius 1 is 1.10 bits per heavy atom. The molecule has 0 spiro atoms. The van der Waals surface area contributed by atoms with Crippen molar-refractivity contribution < 1.29 is 0 Å². The summed E-state index contributed by atoms with van der Waals surface area (Å²) < 4.78 is 0. The van der Waals surface area contributed by atoms with Crippen LogP contribution in [-0.4, -0.2) is 5.11 Å². The van der Waals surface area contributed by atoms with Crippen LogP contribution in [0.25, 0.3) is 5.70 Å². The molecule has 0 aliphatic heterocycles. The van der Waals surface area contributed by atoms with Crippen LogP contribution in [0.3, 0.4) is 0 Å². The van der Waals surface area contributed by atoms with Gasteiger partial charge in [-0.2, -0.15) is 0 Å². The average Bonchev–Trinajstić information content (AvgIpc) is 2.45. The minimum Gasteiger partial charge on any atom is -0.399 e. The highest BCUT2D eigenvalue weighted by Gasteiger charge is 2.01. The van der Waals surface area contributed by atoms with Gasteiger partial charge in [0.1, 0.15) is 0 Å². The normalized spacial score (nSPS) is 9.76. The Labute approximate surface area is 130 Å². The van der Waals surface area contributed by atoms with Crippen molar-refractivity contribution in [2.75, 3.05) is 11.1 Å². The number of hydrazine groups is 1. The van der Waals surface area contributed by atoms with Crippen LogP contribution in [0, 0.1) is 6.92 Å². The summed E-state index contributed by atoms with van der Waals surface area (Å²) in [5.41, 5.74) is 16.0. The molecule has 2 aromatic rings. The van der Waals surface area contributed by atoms with Crippen molar-refractivity contribution in [3.05, 3.63) is 66.2 Å². The molecule has 0 heterocycles. The molecule has 4 nitrogen and oxygen atoms in total. The largest absolute Gasteiger partial charge is 0.399 e. The first-order valence-electron chi connectivity index (χ1n) is 6.49. The van der Waals surface area contributed by atoms with Gasteiger partial charge >= 0.3 is 0 Å². The van der Waals surface area contributed by atoms with E-state index in [1.54, 1.807) is 0 Å². The molecule has 0 fully saturated rings. The molecular weight excluding hydrogens is 280 g/mol. The van der Waals surface area contributed by atoms with Gasteiger partial charge in [-0.05, 0) is 49.0 Å². The molecule has 5 heteroatoms. The highest BCUT2D eigenvalue weighted by molar-refractivity contribution is 7.80. The zero-order valence-electron chi connectivity index (χ0n) is 11.8. The van der Waals surface area contributed by atoms with Crippen LogP contribution < -0.4 is 21.9 Å². The van der Waals surface area contributed by atoms with Crippen LogP contribution in [-0.2, 0) is 0 Å². The van der Waals surface area contributed by atoms with E-state index in [0.29, 0.717) is 16.5 Å². The molecule has 2 rings (SSSR count). The molecule has 0 amide bonds. The molecule has 0 radical (unpaired) electrons. The van der Waals surface area contributed by atoms with Crippen LogP contribution in [0.5, 0.6) is 0 Å². The number of nitrogens with one attached hydrogen (secondary N) is 3. The number of benzene rings is 2. The molecule has 0 atom stereocenters. The van der Waals surface area contributed by atoms with Crippen LogP contribution in [0.15, 0.2) is 55.1 Å². The van der Waals surface area contributed by atoms with E-state index < -0.39 is 0 Å². The molecule has 0 unspecified atom stereocenters. The molecule has 0 aliphatic carbocycles. The monoisotopic (exact) mass is 298 g/mol. The number of hydrogen-bond donors (Lipinski definition) is 4. The smallest absolute Gasteiger partial charge is 0.189 e. The van der Waals surface area contributed by atoms with Gasteiger partial charge in [0, 0.05) is 16.9 Å². The van der Waals surface area contributed by atoms with Gasteiger partial charge in [-0.15, -0.1) is 0 Å². The summed E-state index contributed by atoms with van der Waals surface area (Å²) >= 11 is 5.22. The van der Waals surface area contributed by atoms with Crippen molar-refractivity contribution in [2.24, 2.45) is 0 Å². The van der Waals surface area contributed by atoms with Gasteiger partial charge in [-0.3, -0.25) is 10.9 Å². The number of nitrogens with two attached hydrogens (primary N) is 1. The maximum absolute atomic E-state index is 5.74. The van der Waals surface area contributed by atoms with Gasteiger partial charge in [0.2, 0.25) is 0 Å². The molecule has 0 saturated heterocycles. The highest BCUT2D eigenvalue weighted by atomic mass is 32.1. The van der Waals surface area contributed by atoms with Gasteiger partial charge in [0.05, 0.1) is 5.70 Å². The van der Waals surface area contributed by atoms with Crippen LogP contribution in [0.2, 0.25) is 0 Å². The average molecular weight is 298 g/mol. The van der Waals surface area contributed by atoms with Gasteiger partial charge in [-0.1, -0.05) is 30.8 Å². The van der Waals surface area contributed by atoms with E-state index in [1.807, 2.05) is 55.5 Å². The van der Waals surface area contributed by atoms with Crippen molar-refractivity contribution in [3.63, 3.8) is 0 Å². The Balaban J connectivity index is 1.88.